The van der Waals surface area contributed by atoms with E-state index in [2.05, 4.69) is 39.0 Å². The molecule has 5 nitrogen and oxygen atoms in total. The minimum atomic E-state index is 0.504. The Morgan fingerprint density at radius 2 is 2.25 bits per heavy atom. The monoisotopic (exact) mass is 340 g/mol. The Bertz CT molecular complexity index is 826. The lowest BCUT2D eigenvalue weighted by atomic mass is 9.93. The summed E-state index contributed by atoms with van der Waals surface area (Å²) in [4.78, 5) is 4.68. The molecule has 1 aliphatic heterocycles. The van der Waals surface area contributed by atoms with Crippen LogP contribution in [0.4, 0.5) is 0 Å². The Hall–Kier alpha value is -2.18. The van der Waals surface area contributed by atoms with Gasteiger partial charge in [0.05, 0.1) is 12.3 Å². The summed E-state index contributed by atoms with van der Waals surface area (Å²) in [5, 5.41) is 11.0. The second-order valence-electron chi connectivity index (χ2n) is 6.02. The molecule has 0 spiro atoms. The number of thiazole rings is 1. The molecule has 124 valence electrons. The molecule has 0 saturated heterocycles. The van der Waals surface area contributed by atoms with E-state index < -0.39 is 0 Å². The van der Waals surface area contributed by atoms with Crippen LogP contribution in [0.2, 0.25) is 0 Å². The standard InChI is InChI=1S/C18H20N4OS/c1-22-8-6-16(21-22)18-20-14(12-24-18)11-19-10-13-7-9-23-17-5-3-2-4-15(13)17/h2-6,8,12-13,19H,7,9-11H2,1H3. The van der Waals surface area contributed by atoms with E-state index in [1.807, 2.05) is 25.4 Å². The smallest absolute Gasteiger partial charge is 0.144 e. The molecule has 4 rings (SSSR count). The molecule has 6 heteroatoms. The van der Waals surface area contributed by atoms with Gasteiger partial charge in [-0.3, -0.25) is 4.68 Å². The number of hydrogen-bond acceptors (Lipinski definition) is 5. The van der Waals surface area contributed by atoms with Gasteiger partial charge >= 0.3 is 0 Å². The lowest BCUT2D eigenvalue weighted by Crippen LogP contribution is -2.25. The summed E-state index contributed by atoms with van der Waals surface area (Å²) < 4.78 is 7.53. The highest BCUT2D eigenvalue weighted by molar-refractivity contribution is 7.13. The third-order valence-corrected chi connectivity index (χ3v) is 5.18. The van der Waals surface area contributed by atoms with Crippen molar-refractivity contribution in [2.45, 2.75) is 18.9 Å². The van der Waals surface area contributed by atoms with Crippen molar-refractivity contribution in [1.82, 2.24) is 20.1 Å². The molecular formula is C18H20N4OS. The Labute approximate surface area is 145 Å². The number of nitrogens with one attached hydrogen (secondary N) is 1. The van der Waals surface area contributed by atoms with Crippen LogP contribution < -0.4 is 10.1 Å². The zero-order chi connectivity index (χ0) is 16.4. The molecule has 0 saturated carbocycles. The first-order valence-electron chi connectivity index (χ1n) is 8.16. The predicted molar refractivity (Wildman–Crippen MR) is 95.3 cm³/mol. The normalized spacial score (nSPS) is 16.6. The van der Waals surface area contributed by atoms with Gasteiger partial charge in [0.15, 0.2) is 0 Å². The quantitative estimate of drug-likeness (QED) is 0.775. The predicted octanol–water partition coefficient (Wildman–Crippen LogP) is 3.20. The van der Waals surface area contributed by atoms with Crippen molar-refractivity contribution in [3.05, 3.63) is 53.2 Å². The van der Waals surface area contributed by atoms with Crippen LogP contribution in [0.5, 0.6) is 5.75 Å². The van der Waals surface area contributed by atoms with E-state index in [1.165, 1.54) is 5.56 Å². The summed E-state index contributed by atoms with van der Waals surface area (Å²) in [5.41, 5.74) is 3.32. The molecule has 1 atom stereocenters. The van der Waals surface area contributed by atoms with E-state index in [1.54, 1.807) is 16.0 Å². The number of para-hydroxylation sites is 1. The zero-order valence-corrected chi connectivity index (χ0v) is 14.4. The average Bonchev–Trinajstić information content (AvgIpc) is 3.24. The summed E-state index contributed by atoms with van der Waals surface area (Å²) in [6.45, 7) is 2.52. The molecule has 2 aromatic heterocycles. The van der Waals surface area contributed by atoms with Gasteiger partial charge in [-0.05, 0) is 24.1 Å². The van der Waals surface area contributed by atoms with Crippen molar-refractivity contribution in [3.63, 3.8) is 0 Å². The van der Waals surface area contributed by atoms with Crippen molar-refractivity contribution >= 4 is 11.3 Å². The SMILES string of the molecule is Cn1ccc(-c2nc(CNCC3CCOc4ccccc43)cs2)n1. The minimum Gasteiger partial charge on any atom is -0.493 e. The number of aromatic nitrogens is 3. The van der Waals surface area contributed by atoms with E-state index in [0.717, 1.165) is 48.3 Å². The van der Waals surface area contributed by atoms with Crippen molar-refractivity contribution in [2.24, 2.45) is 7.05 Å². The third-order valence-electron chi connectivity index (χ3n) is 4.26. The molecule has 24 heavy (non-hydrogen) atoms. The van der Waals surface area contributed by atoms with Gasteiger partial charge in [0.2, 0.25) is 0 Å². The summed E-state index contributed by atoms with van der Waals surface area (Å²) in [7, 11) is 1.92. The fourth-order valence-electron chi connectivity index (χ4n) is 3.04. The second-order valence-corrected chi connectivity index (χ2v) is 6.88. The number of aryl methyl sites for hydroxylation is 1. The maximum absolute atomic E-state index is 5.73. The summed E-state index contributed by atoms with van der Waals surface area (Å²) in [5.74, 6) is 1.53. The number of rotatable bonds is 5. The fourth-order valence-corrected chi connectivity index (χ4v) is 3.82. The number of ether oxygens (including phenoxy) is 1. The minimum absolute atomic E-state index is 0.504. The Balaban J connectivity index is 1.36. The first-order chi connectivity index (χ1) is 11.8. The lowest BCUT2D eigenvalue weighted by Gasteiger charge is -2.26. The highest BCUT2D eigenvalue weighted by Crippen LogP contribution is 2.32. The maximum Gasteiger partial charge on any atom is 0.144 e. The van der Waals surface area contributed by atoms with Gasteiger partial charge in [-0.2, -0.15) is 5.10 Å². The molecule has 1 N–H and O–H groups in total. The molecule has 0 amide bonds. The topological polar surface area (TPSA) is 52.0 Å². The van der Waals surface area contributed by atoms with Gasteiger partial charge in [0.1, 0.15) is 16.5 Å². The van der Waals surface area contributed by atoms with Gasteiger partial charge in [0, 0.05) is 37.6 Å². The van der Waals surface area contributed by atoms with Crippen LogP contribution in [0, 0.1) is 0 Å². The summed E-state index contributed by atoms with van der Waals surface area (Å²) in [6, 6.07) is 10.3. The number of benzene rings is 1. The van der Waals surface area contributed by atoms with E-state index in [0.29, 0.717) is 5.92 Å². The van der Waals surface area contributed by atoms with Gasteiger partial charge in [-0.1, -0.05) is 18.2 Å². The number of fused-ring (bicyclic) bond motifs is 1. The summed E-state index contributed by atoms with van der Waals surface area (Å²) in [6.07, 6.45) is 3.00. The molecule has 0 radical (unpaired) electrons. The van der Waals surface area contributed by atoms with Crippen molar-refractivity contribution in [2.75, 3.05) is 13.2 Å². The Kier molecular flexibility index (Phi) is 4.32. The Morgan fingerprint density at radius 1 is 1.33 bits per heavy atom. The average molecular weight is 340 g/mol. The molecule has 3 heterocycles. The number of hydrogen-bond donors (Lipinski definition) is 1. The van der Waals surface area contributed by atoms with E-state index in [-0.39, 0.29) is 0 Å². The molecule has 0 aliphatic carbocycles. The van der Waals surface area contributed by atoms with Crippen LogP contribution >= 0.6 is 11.3 Å². The molecule has 1 unspecified atom stereocenters. The highest BCUT2D eigenvalue weighted by Gasteiger charge is 2.20. The van der Waals surface area contributed by atoms with Crippen LogP contribution in [0.1, 0.15) is 23.6 Å². The van der Waals surface area contributed by atoms with E-state index in [4.69, 9.17) is 4.74 Å². The lowest BCUT2D eigenvalue weighted by molar-refractivity contribution is 0.264. The third kappa shape index (κ3) is 3.20. The molecule has 0 bridgehead atoms. The molecular weight excluding hydrogens is 320 g/mol. The molecule has 1 aromatic carbocycles. The van der Waals surface area contributed by atoms with Crippen molar-refractivity contribution in [3.8, 4) is 16.5 Å². The van der Waals surface area contributed by atoms with Gasteiger partial charge in [-0.25, -0.2) is 4.98 Å². The second kappa shape index (κ2) is 6.75. The summed E-state index contributed by atoms with van der Waals surface area (Å²) >= 11 is 1.64. The van der Waals surface area contributed by atoms with Crippen LogP contribution in [-0.2, 0) is 13.6 Å². The largest absolute Gasteiger partial charge is 0.493 e. The molecule has 0 fully saturated rings. The van der Waals surface area contributed by atoms with Gasteiger partial charge < -0.3 is 10.1 Å². The van der Waals surface area contributed by atoms with Crippen molar-refractivity contribution in [1.29, 1.82) is 0 Å². The molecule has 3 aromatic rings. The Morgan fingerprint density at radius 3 is 3.12 bits per heavy atom. The number of nitrogens with zero attached hydrogens (tertiary/aromatic N) is 3. The zero-order valence-electron chi connectivity index (χ0n) is 13.6. The van der Waals surface area contributed by atoms with Gasteiger partial charge in [-0.15, -0.1) is 11.3 Å². The van der Waals surface area contributed by atoms with Crippen LogP contribution in [0.25, 0.3) is 10.7 Å². The maximum atomic E-state index is 5.73. The molecule has 1 aliphatic rings. The van der Waals surface area contributed by atoms with Crippen molar-refractivity contribution < 1.29 is 4.74 Å². The van der Waals surface area contributed by atoms with E-state index >= 15 is 0 Å². The van der Waals surface area contributed by atoms with Crippen LogP contribution in [-0.4, -0.2) is 27.9 Å². The highest BCUT2D eigenvalue weighted by atomic mass is 32.1. The first-order valence-corrected chi connectivity index (χ1v) is 9.04. The van der Waals surface area contributed by atoms with Crippen LogP contribution in [0.3, 0.4) is 0 Å². The van der Waals surface area contributed by atoms with E-state index in [9.17, 15) is 0 Å². The first kappa shape index (κ1) is 15.4. The van der Waals surface area contributed by atoms with Gasteiger partial charge in [0.25, 0.3) is 0 Å². The fraction of sp³-hybridized carbons (Fsp3) is 0.333. The van der Waals surface area contributed by atoms with Crippen LogP contribution in [0.15, 0.2) is 41.9 Å².